The average molecular weight is 393 g/mol. The van der Waals surface area contributed by atoms with Crippen molar-refractivity contribution in [1.29, 1.82) is 0 Å². The molecule has 3 amide bonds. The minimum Gasteiger partial charge on any atom is -0.492 e. The van der Waals surface area contributed by atoms with E-state index in [0.717, 1.165) is 18.6 Å². The summed E-state index contributed by atoms with van der Waals surface area (Å²) in [7, 11) is 0. The summed E-state index contributed by atoms with van der Waals surface area (Å²) in [6.07, 6.45) is 1.82. The van der Waals surface area contributed by atoms with Crippen molar-refractivity contribution >= 4 is 17.7 Å². The molecule has 1 saturated carbocycles. The molecule has 150 valence electrons. The molecule has 1 atom stereocenters. The molecule has 7 nitrogen and oxygen atoms in total. The Morgan fingerprint density at radius 1 is 1.00 bits per heavy atom. The van der Waals surface area contributed by atoms with Crippen LogP contribution < -0.4 is 15.4 Å². The first-order valence-corrected chi connectivity index (χ1v) is 9.79. The fourth-order valence-electron chi connectivity index (χ4n) is 3.54. The van der Waals surface area contributed by atoms with Gasteiger partial charge in [0.25, 0.3) is 5.91 Å². The largest absolute Gasteiger partial charge is 0.492 e. The number of carbonyl (C=O) groups excluding carboxylic acids is 3. The third kappa shape index (κ3) is 4.23. The lowest BCUT2D eigenvalue weighted by Crippen LogP contribution is -2.44. The van der Waals surface area contributed by atoms with E-state index in [-0.39, 0.29) is 30.3 Å². The number of hydrogen-bond donors (Lipinski definition) is 2. The van der Waals surface area contributed by atoms with Gasteiger partial charge in [-0.3, -0.25) is 14.4 Å². The molecule has 0 radical (unpaired) electrons. The zero-order valence-corrected chi connectivity index (χ0v) is 16.0. The summed E-state index contributed by atoms with van der Waals surface area (Å²) in [6, 6.07) is 16.0. The molecular weight excluding hydrogens is 370 g/mol. The second-order valence-electron chi connectivity index (χ2n) is 7.16. The van der Waals surface area contributed by atoms with Crippen LogP contribution in [0, 0.1) is 0 Å². The first kappa shape index (κ1) is 19.0. The highest BCUT2D eigenvalue weighted by molar-refractivity contribution is 6.05. The van der Waals surface area contributed by atoms with E-state index in [2.05, 4.69) is 10.6 Å². The first-order chi connectivity index (χ1) is 14.1. The van der Waals surface area contributed by atoms with Crippen LogP contribution in [0.15, 0.2) is 54.6 Å². The van der Waals surface area contributed by atoms with Gasteiger partial charge in [0, 0.05) is 11.6 Å². The molecule has 0 spiro atoms. The van der Waals surface area contributed by atoms with Crippen LogP contribution in [0.4, 0.5) is 0 Å². The summed E-state index contributed by atoms with van der Waals surface area (Å²) in [5.41, 5.74) is 1.28. The van der Waals surface area contributed by atoms with Gasteiger partial charge in [0.1, 0.15) is 18.4 Å². The maximum atomic E-state index is 12.8. The van der Waals surface area contributed by atoms with Gasteiger partial charge in [-0.2, -0.15) is 0 Å². The monoisotopic (exact) mass is 393 g/mol. The second-order valence-corrected chi connectivity index (χ2v) is 7.16. The quantitative estimate of drug-likeness (QED) is 0.668. The highest BCUT2D eigenvalue weighted by Gasteiger charge is 2.47. The molecular formula is C22H23N3O4. The van der Waals surface area contributed by atoms with Crippen LogP contribution in [0.1, 0.15) is 34.8 Å². The third-order valence-corrected chi connectivity index (χ3v) is 5.05. The van der Waals surface area contributed by atoms with Gasteiger partial charge in [0.2, 0.25) is 11.8 Å². The topological polar surface area (TPSA) is 87.7 Å². The molecule has 2 aromatic rings. The summed E-state index contributed by atoms with van der Waals surface area (Å²) in [4.78, 5) is 39.2. The lowest BCUT2D eigenvalue weighted by atomic mass is 10.0. The molecule has 0 saturated heterocycles. The molecule has 1 unspecified atom stereocenters. The Balaban J connectivity index is 1.27. The van der Waals surface area contributed by atoms with Gasteiger partial charge < -0.3 is 20.3 Å². The van der Waals surface area contributed by atoms with E-state index < -0.39 is 6.04 Å². The summed E-state index contributed by atoms with van der Waals surface area (Å²) < 4.78 is 5.52. The number of nitrogens with zero attached hydrogens (tertiary/aromatic N) is 1. The molecule has 1 aliphatic heterocycles. The van der Waals surface area contributed by atoms with E-state index in [1.807, 2.05) is 36.4 Å². The van der Waals surface area contributed by atoms with Crippen LogP contribution in [-0.2, 0) is 9.59 Å². The van der Waals surface area contributed by atoms with E-state index in [1.54, 1.807) is 23.1 Å². The number of ether oxygens (including phenoxy) is 1. The van der Waals surface area contributed by atoms with Gasteiger partial charge in [-0.1, -0.05) is 36.4 Å². The van der Waals surface area contributed by atoms with Crippen molar-refractivity contribution in [2.45, 2.75) is 24.9 Å². The lowest BCUT2D eigenvalue weighted by Gasteiger charge is -2.24. The van der Waals surface area contributed by atoms with E-state index in [0.29, 0.717) is 24.3 Å². The number of hydrogen-bond acceptors (Lipinski definition) is 4. The van der Waals surface area contributed by atoms with Crippen molar-refractivity contribution in [2.24, 2.45) is 0 Å². The van der Waals surface area contributed by atoms with Crippen molar-refractivity contribution in [1.82, 2.24) is 15.5 Å². The number of nitrogens with one attached hydrogen (secondary N) is 2. The second kappa shape index (κ2) is 8.34. The molecule has 1 aliphatic carbocycles. The van der Waals surface area contributed by atoms with Crippen LogP contribution in [-0.4, -0.2) is 48.4 Å². The van der Waals surface area contributed by atoms with Crippen LogP contribution in [0.5, 0.6) is 5.75 Å². The number of carbonyl (C=O) groups is 3. The third-order valence-electron chi connectivity index (χ3n) is 5.05. The first-order valence-electron chi connectivity index (χ1n) is 9.79. The predicted octanol–water partition coefficient (Wildman–Crippen LogP) is 1.66. The predicted molar refractivity (Wildman–Crippen MR) is 106 cm³/mol. The van der Waals surface area contributed by atoms with Crippen LogP contribution in [0.3, 0.4) is 0 Å². The number of amides is 3. The number of benzene rings is 2. The SMILES string of the molecule is O=C(CNC(=O)C1c2ccccc2C(=O)N1C1CC1)NCCOc1ccccc1. The molecule has 29 heavy (non-hydrogen) atoms. The highest BCUT2D eigenvalue weighted by Crippen LogP contribution is 2.41. The van der Waals surface area contributed by atoms with Gasteiger partial charge in [-0.05, 0) is 36.6 Å². The zero-order chi connectivity index (χ0) is 20.2. The van der Waals surface area contributed by atoms with Gasteiger partial charge in [-0.25, -0.2) is 0 Å². The van der Waals surface area contributed by atoms with Crippen molar-refractivity contribution in [3.8, 4) is 5.75 Å². The molecule has 0 bridgehead atoms. The summed E-state index contributed by atoms with van der Waals surface area (Å²) in [6.45, 7) is 0.530. The normalized spacial score (nSPS) is 17.6. The number of para-hydroxylation sites is 1. The Hall–Kier alpha value is -3.35. The molecule has 2 aromatic carbocycles. The highest BCUT2D eigenvalue weighted by atomic mass is 16.5. The Morgan fingerprint density at radius 3 is 2.48 bits per heavy atom. The Morgan fingerprint density at radius 2 is 1.72 bits per heavy atom. The average Bonchev–Trinajstić information content (AvgIpc) is 3.54. The fraction of sp³-hybridized carbons (Fsp3) is 0.318. The van der Waals surface area contributed by atoms with Crippen molar-refractivity contribution in [3.63, 3.8) is 0 Å². The zero-order valence-electron chi connectivity index (χ0n) is 16.0. The van der Waals surface area contributed by atoms with Crippen molar-refractivity contribution in [3.05, 3.63) is 65.7 Å². The van der Waals surface area contributed by atoms with Crippen molar-refractivity contribution in [2.75, 3.05) is 19.7 Å². The van der Waals surface area contributed by atoms with E-state index in [4.69, 9.17) is 4.74 Å². The van der Waals surface area contributed by atoms with Gasteiger partial charge in [-0.15, -0.1) is 0 Å². The van der Waals surface area contributed by atoms with Gasteiger partial charge in [0.05, 0.1) is 13.1 Å². The van der Waals surface area contributed by atoms with Gasteiger partial charge in [0.15, 0.2) is 0 Å². The molecule has 1 fully saturated rings. The van der Waals surface area contributed by atoms with E-state index in [9.17, 15) is 14.4 Å². The number of fused-ring (bicyclic) bond motifs is 1. The van der Waals surface area contributed by atoms with E-state index in [1.165, 1.54) is 0 Å². The molecule has 4 rings (SSSR count). The summed E-state index contributed by atoms with van der Waals surface area (Å²) >= 11 is 0. The molecule has 7 heteroatoms. The molecule has 0 aromatic heterocycles. The van der Waals surface area contributed by atoms with Crippen LogP contribution >= 0.6 is 0 Å². The number of rotatable bonds is 8. The molecule has 1 heterocycles. The summed E-state index contributed by atoms with van der Waals surface area (Å²) in [5.74, 6) is 0.00188. The minimum absolute atomic E-state index is 0.106. The lowest BCUT2D eigenvalue weighted by molar-refractivity contribution is -0.129. The Kier molecular flexibility index (Phi) is 5.46. The molecule has 2 aliphatic rings. The minimum atomic E-state index is -0.666. The Labute approximate surface area is 169 Å². The van der Waals surface area contributed by atoms with Gasteiger partial charge >= 0.3 is 0 Å². The summed E-state index contributed by atoms with van der Waals surface area (Å²) in [5, 5.41) is 5.39. The van der Waals surface area contributed by atoms with E-state index >= 15 is 0 Å². The fourth-order valence-corrected chi connectivity index (χ4v) is 3.54. The van der Waals surface area contributed by atoms with Crippen LogP contribution in [0.25, 0.3) is 0 Å². The molecule has 2 N–H and O–H groups in total. The maximum absolute atomic E-state index is 12.8. The van der Waals surface area contributed by atoms with Crippen LogP contribution in [0.2, 0.25) is 0 Å². The maximum Gasteiger partial charge on any atom is 0.255 e. The standard InChI is InChI=1S/C22H23N3O4/c26-19(23-12-13-29-16-6-2-1-3-7-16)14-24-21(27)20-17-8-4-5-9-18(17)22(28)25(20)15-10-11-15/h1-9,15,20H,10-14H2,(H,23,26)(H,24,27). The smallest absolute Gasteiger partial charge is 0.255 e. The van der Waals surface area contributed by atoms with Crippen molar-refractivity contribution < 1.29 is 19.1 Å². The Bertz CT molecular complexity index is 911.